The van der Waals surface area contributed by atoms with Crippen LogP contribution in [-0.4, -0.2) is 47.0 Å². The quantitative estimate of drug-likeness (QED) is 0.508. The summed E-state index contributed by atoms with van der Waals surface area (Å²) in [6, 6.07) is 4.88. The number of rotatable bonds is 5. The zero-order chi connectivity index (χ0) is 22.0. The molecule has 2 fully saturated rings. The van der Waals surface area contributed by atoms with Gasteiger partial charge in [0.05, 0.1) is 12.5 Å². The molecule has 1 N–H and O–H groups in total. The van der Waals surface area contributed by atoms with Crippen LogP contribution in [0.5, 0.6) is 0 Å². The number of nitrogens with zero attached hydrogens (tertiary/aromatic N) is 7. The Labute approximate surface area is 187 Å². The van der Waals surface area contributed by atoms with Crippen molar-refractivity contribution >= 4 is 44.4 Å². The van der Waals surface area contributed by atoms with E-state index in [-0.39, 0.29) is 5.91 Å². The van der Waals surface area contributed by atoms with Crippen molar-refractivity contribution in [1.82, 2.24) is 29.0 Å². The van der Waals surface area contributed by atoms with Crippen molar-refractivity contribution < 1.29 is 4.79 Å². The standard InChI is InChI=1S/C22H22N8OS/c1-3-29-16(21(31)30(12-4-5-12)13-6-7-13)8-15-17-18(26-11-25-17)19(28(2)20(15)29)27-22-24-10-14(9-23)32-22/h8,10-13H,3-7H2,1-2H3,(H,25,26). The van der Waals surface area contributed by atoms with E-state index in [1.54, 1.807) is 6.33 Å². The molecule has 4 aromatic heterocycles. The Hall–Kier alpha value is -3.45. The van der Waals surface area contributed by atoms with Crippen LogP contribution < -0.4 is 5.49 Å². The van der Waals surface area contributed by atoms with Gasteiger partial charge in [0.25, 0.3) is 5.91 Å². The van der Waals surface area contributed by atoms with Gasteiger partial charge in [0.1, 0.15) is 33.3 Å². The Morgan fingerprint density at radius 1 is 1.34 bits per heavy atom. The van der Waals surface area contributed by atoms with Crippen LogP contribution in [0.15, 0.2) is 23.6 Å². The number of nitrogens with one attached hydrogen (secondary N) is 1. The highest BCUT2D eigenvalue weighted by Gasteiger charge is 2.43. The van der Waals surface area contributed by atoms with Crippen molar-refractivity contribution in [1.29, 1.82) is 5.26 Å². The third-order valence-electron chi connectivity index (χ3n) is 6.28. The molecular weight excluding hydrogens is 424 g/mol. The van der Waals surface area contributed by atoms with Gasteiger partial charge in [0.15, 0.2) is 5.49 Å². The van der Waals surface area contributed by atoms with E-state index >= 15 is 0 Å². The highest BCUT2D eigenvalue weighted by molar-refractivity contribution is 7.15. The number of thiazole rings is 1. The second kappa shape index (κ2) is 7.03. The molecule has 1 amide bonds. The summed E-state index contributed by atoms with van der Waals surface area (Å²) in [5.41, 5.74) is 3.83. The number of aryl methyl sites for hydroxylation is 2. The summed E-state index contributed by atoms with van der Waals surface area (Å²) in [5.74, 6) is 0.119. The highest BCUT2D eigenvalue weighted by atomic mass is 32.1. The number of pyridine rings is 1. The molecular formula is C22H22N8OS. The molecule has 4 heterocycles. The zero-order valence-corrected chi connectivity index (χ0v) is 18.7. The van der Waals surface area contributed by atoms with E-state index in [2.05, 4.69) is 37.4 Å². The summed E-state index contributed by atoms with van der Waals surface area (Å²) in [6.45, 7) is 2.72. The minimum Gasteiger partial charge on any atom is -0.342 e. The van der Waals surface area contributed by atoms with Gasteiger partial charge in [-0.25, -0.2) is 9.97 Å². The van der Waals surface area contributed by atoms with E-state index in [1.165, 1.54) is 17.5 Å². The van der Waals surface area contributed by atoms with Gasteiger partial charge in [-0.3, -0.25) is 4.79 Å². The fraction of sp³-hybridized carbons (Fsp3) is 0.409. The van der Waals surface area contributed by atoms with Crippen LogP contribution in [0.2, 0.25) is 0 Å². The Kier molecular flexibility index (Phi) is 4.23. The van der Waals surface area contributed by atoms with Crippen LogP contribution in [0.3, 0.4) is 0 Å². The van der Waals surface area contributed by atoms with Crippen LogP contribution in [0, 0.1) is 11.3 Å². The van der Waals surface area contributed by atoms with Gasteiger partial charge in [-0.2, -0.15) is 10.3 Å². The molecule has 2 aliphatic rings. The molecule has 0 aromatic carbocycles. The number of nitriles is 1. The van der Waals surface area contributed by atoms with E-state index in [0.29, 0.717) is 39.8 Å². The fourth-order valence-electron chi connectivity index (χ4n) is 4.57. The Bertz CT molecular complexity index is 1480. The van der Waals surface area contributed by atoms with Crippen LogP contribution in [-0.2, 0) is 13.6 Å². The van der Waals surface area contributed by atoms with Crippen LogP contribution >= 0.6 is 11.3 Å². The molecule has 2 aliphatic carbocycles. The smallest absolute Gasteiger partial charge is 0.271 e. The second-order valence-corrected chi connectivity index (χ2v) is 9.43. The maximum Gasteiger partial charge on any atom is 0.271 e. The monoisotopic (exact) mass is 446 g/mol. The van der Waals surface area contributed by atoms with E-state index in [9.17, 15) is 4.79 Å². The molecule has 162 valence electrons. The maximum absolute atomic E-state index is 13.7. The maximum atomic E-state index is 13.7. The molecule has 0 bridgehead atoms. The molecule has 0 unspecified atom stereocenters. The van der Waals surface area contributed by atoms with Crippen LogP contribution in [0.25, 0.3) is 22.1 Å². The molecule has 4 aromatic rings. The number of H-pyrrole nitrogens is 1. The van der Waals surface area contributed by atoms with Crippen LogP contribution in [0.1, 0.15) is 48.0 Å². The third kappa shape index (κ3) is 2.88. The summed E-state index contributed by atoms with van der Waals surface area (Å²) in [7, 11) is 1.94. The normalized spacial score (nSPS) is 16.7. The number of amides is 1. The van der Waals surface area contributed by atoms with Crippen molar-refractivity contribution in [3.63, 3.8) is 0 Å². The van der Waals surface area contributed by atoms with Gasteiger partial charge in [-0.15, -0.1) is 0 Å². The lowest BCUT2D eigenvalue weighted by Gasteiger charge is -2.23. The first kappa shape index (κ1) is 19.3. The molecule has 0 aliphatic heterocycles. The molecule has 0 radical (unpaired) electrons. The molecule has 9 nitrogen and oxygen atoms in total. The SMILES string of the molecule is CCn1c(C(=O)N(C2CC2)C2CC2)cc2c3nc[nH]c3c(=Nc3ncc(C#N)s3)n(C)c21. The predicted molar refractivity (Wildman–Crippen MR) is 121 cm³/mol. The lowest BCUT2D eigenvalue weighted by Crippen LogP contribution is -2.36. The summed E-state index contributed by atoms with van der Waals surface area (Å²) in [4.78, 5) is 33.1. The largest absolute Gasteiger partial charge is 0.342 e. The number of aromatic nitrogens is 5. The molecule has 32 heavy (non-hydrogen) atoms. The molecule has 0 saturated heterocycles. The summed E-state index contributed by atoms with van der Waals surface area (Å²) in [5, 5.41) is 10.6. The summed E-state index contributed by atoms with van der Waals surface area (Å²) < 4.78 is 4.06. The number of imidazole rings is 1. The topological polar surface area (TPSA) is 108 Å². The summed E-state index contributed by atoms with van der Waals surface area (Å²) in [6.07, 6.45) is 7.60. The van der Waals surface area contributed by atoms with Crippen molar-refractivity contribution in [3.8, 4) is 6.07 Å². The van der Waals surface area contributed by atoms with Crippen molar-refractivity contribution in [2.24, 2.45) is 12.0 Å². The Morgan fingerprint density at radius 2 is 2.09 bits per heavy atom. The minimum atomic E-state index is 0.119. The molecule has 0 atom stereocenters. The first-order chi connectivity index (χ1) is 15.6. The van der Waals surface area contributed by atoms with Crippen molar-refractivity contribution in [3.05, 3.63) is 34.6 Å². The van der Waals surface area contributed by atoms with Crippen LogP contribution in [0.4, 0.5) is 5.13 Å². The number of carbonyl (C=O) groups excluding carboxylic acids is 1. The number of carbonyl (C=O) groups is 1. The number of hydrogen-bond acceptors (Lipinski definition) is 6. The van der Waals surface area contributed by atoms with Gasteiger partial charge in [0, 0.05) is 31.1 Å². The van der Waals surface area contributed by atoms with Gasteiger partial charge in [-0.1, -0.05) is 11.3 Å². The van der Waals surface area contributed by atoms with E-state index < -0.39 is 0 Å². The molecule has 6 rings (SSSR count). The summed E-state index contributed by atoms with van der Waals surface area (Å²) >= 11 is 1.24. The average molecular weight is 447 g/mol. The van der Waals surface area contributed by atoms with Crippen molar-refractivity contribution in [2.75, 3.05) is 0 Å². The second-order valence-electron chi connectivity index (χ2n) is 8.43. The van der Waals surface area contributed by atoms with Gasteiger partial charge in [-0.05, 0) is 38.7 Å². The van der Waals surface area contributed by atoms with Gasteiger partial charge < -0.3 is 19.0 Å². The van der Waals surface area contributed by atoms with E-state index in [1.807, 2.05) is 17.7 Å². The number of aromatic amines is 1. The van der Waals surface area contributed by atoms with Gasteiger partial charge in [0.2, 0.25) is 5.13 Å². The Morgan fingerprint density at radius 3 is 2.72 bits per heavy atom. The molecule has 0 spiro atoms. The van der Waals surface area contributed by atoms with E-state index in [4.69, 9.17) is 10.3 Å². The zero-order valence-electron chi connectivity index (χ0n) is 17.9. The predicted octanol–water partition coefficient (Wildman–Crippen LogP) is 3.20. The first-order valence-corrected chi connectivity index (χ1v) is 11.7. The van der Waals surface area contributed by atoms with Crippen molar-refractivity contribution in [2.45, 2.75) is 51.2 Å². The average Bonchev–Trinajstić information content (AvgIpc) is 3.67. The minimum absolute atomic E-state index is 0.119. The fourth-order valence-corrected chi connectivity index (χ4v) is 5.15. The number of hydrogen-bond donors (Lipinski definition) is 1. The van der Waals surface area contributed by atoms with E-state index in [0.717, 1.165) is 47.8 Å². The lowest BCUT2D eigenvalue weighted by atomic mass is 10.2. The highest BCUT2D eigenvalue weighted by Crippen LogP contribution is 2.39. The Balaban J connectivity index is 1.60. The first-order valence-electron chi connectivity index (χ1n) is 10.9. The number of fused-ring (bicyclic) bond motifs is 3. The lowest BCUT2D eigenvalue weighted by molar-refractivity contribution is 0.0719. The molecule has 10 heteroatoms. The third-order valence-corrected chi connectivity index (χ3v) is 7.07. The van der Waals surface area contributed by atoms with Gasteiger partial charge >= 0.3 is 0 Å². The molecule has 2 saturated carbocycles.